The Balaban J connectivity index is 1.50. The molecular formula is C25H23N3O5. The van der Waals surface area contributed by atoms with Crippen molar-refractivity contribution in [2.75, 3.05) is 13.7 Å². The molecule has 3 aromatic rings. The highest BCUT2D eigenvalue weighted by Crippen LogP contribution is 2.16. The van der Waals surface area contributed by atoms with Crippen molar-refractivity contribution < 1.29 is 23.9 Å². The second kappa shape index (κ2) is 11.2. The van der Waals surface area contributed by atoms with Gasteiger partial charge < -0.3 is 14.8 Å². The van der Waals surface area contributed by atoms with Crippen LogP contribution in [0.1, 0.15) is 31.8 Å². The number of nitrogens with one attached hydrogen (secondary N) is 2. The summed E-state index contributed by atoms with van der Waals surface area (Å²) in [6.07, 6.45) is 1.41. The van der Waals surface area contributed by atoms with Crippen LogP contribution < -0.4 is 20.2 Å². The minimum atomic E-state index is -0.510. The van der Waals surface area contributed by atoms with Crippen LogP contribution in [0.2, 0.25) is 0 Å². The molecule has 0 unspecified atom stereocenters. The quantitative estimate of drug-likeness (QED) is 0.240. The van der Waals surface area contributed by atoms with Gasteiger partial charge >= 0.3 is 5.97 Å². The first kappa shape index (κ1) is 23.2. The fourth-order valence-corrected chi connectivity index (χ4v) is 2.85. The average molecular weight is 445 g/mol. The number of rotatable bonds is 8. The minimum Gasteiger partial charge on any atom is -0.497 e. The number of benzene rings is 3. The van der Waals surface area contributed by atoms with Crippen molar-refractivity contribution in [3.05, 3.63) is 95.1 Å². The zero-order chi connectivity index (χ0) is 23.6. The highest BCUT2D eigenvalue weighted by atomic mass is 16.5. The lowest BCUT2D eigenvalue weighted by atomic mass is 10.1. The number of hydrogen-bond acceptors (Lipinski definition) is 6. The zero-order valence-corrected chi connectivity index (χ0v) is 18.2. The van der Waals surface area contributed by atoms with E-state index in [1.54, 1.807) is 67.8 Å². The van der Waals surface area contributed by atoms with Crippen LogP contribution in [0.4, 0.5) is 0 Å². The Labute approximate surface area is 191 Å². The van der Waals surface area contributed by atoms with Crippen LogP contribution in [-0.2, 0) is 4.79 Å². The number of carbonyl (C=O) groups excluding carboxylic acids is 3. The van der Waals surface area contributed by atoms with Gasteiger partial charge in [-0.2, -0.15) is 5.10 Å². The number of hydrogen-bond donors (Lipinski definition) is 2. The van der Waals surface area contributed by atoms with Gasteiger partial charge in [0.2, 0.25) is 0 Å². The molecule has 0 spiro atoms. The number of aryl methyl sites for hydroxylation is 1. The van der Waals surface area contributed by atoms with Crippen LogP contribution in [0.15, 0.2) is 77.9 Å². The predicted octanol–water partition coefficient (Wildman–Crippen LogP) is 3.10. The molecular weight excluding hydrogens is 422 g/mol. The first-order valence-corrected chi connectivity index (χ1v) is 10.1. The van der Waals surface area contributed by atoms with Gasteiger partial charge in [0.1, 0.15) is 11.5 Å². The number of carbonyl (C=O) groups is 3. The number of nitrogens with zero attached hydrogens (tertiary/aromatic N) is 1. The number of methoxy groups -OCH3 is 1. The van der Waals surface area contributed by atoms with Gasteiger partial charge in [0.15, 0.2) is 0 Å². The SMILES string of the molecule is COc1ccc(C(=O)Oc2cccc(/C=N/NC(=O)CNC(=O)c3ccccc3C)c2)cc1. The maximum Gasteiger partial charge on any atom is 0.343 e. The van der Waals surface area contributed by atoms with Gasteiger partial charge in [-0.15, -0.1) is 0 Å². The van der Waals surface area contributed by atoms with Gasteiger partial charge in [-0.3, -0.25) is 9.59 Å². The summed E-state index contributed by atoms with van der Waals surface area (Å²) in [6, 6.07) is 20.4. The molecule has 0 aliphatic carbocycles. The number of ether oxygens (including phenoxy) is 2. The fourth-order valence-electron chi connectivity index (χ4n) is 2.85. The Kier molecular flexibility index (Phi) is 7.91. The molecule has 33 heavy (non-hydrogen) atoms. The first-order valence-electron chi connectivity index (χ1n) is 10.1. The highest BCUT2D eigenvalue weighted by Gasteiger charge is 2.10. The molecule has 0 radical (unpaired) electrons. The fraction of sp³-hybridized carbons (Fsp3) is 0.120. The Bertz CT molecular complexity index is 1170. The van der Waals surface area contributed by atoms with E-state index in [1.807, 2.05) is 19.1 Å². The van der Waals surface area contributed by atoms with E-state index in [2.05, 4.69) is 15.8 Å². The lowest BCUT2D eigenvalue weighted by molar-refractivity contribution is -0.120. The van der Waals surface area contributed by atoms with Gasteiger partial charge in [0.05, 0.1) is 25.4 Å². The van der Waals surface area contributed by atoms with Gasteiger partial charge in [0, 0.05) is 5.56 Å². The van der Waals surface area contributed by atoms with Crippen LogP contribution in [0, 0.1) is 6.92 Å². The van der Waals surface area contributed by atoms with Gasteiger partial charge in [-0.25, -0.2) is 10.2 Å². The van der Waals surface area contributed by atoms with E-state index in [0.29, 0.717) is 28.2 Å². The molecule has 3 aromatic carbocycles. The molecule has 0 aliphatic rings. The Morgan fingerprint density at radius 1 is 0.939 bits per heavy atom. The van der Waals surface area contributed by atoms with E-state index >= 15 is 0 Å². The minimum absolute atomic E-state index is 0.218. The van der Waals surface area contributed by atoms with Crippen molar-refractivity contribution in [2.45, 2.75) is 6.92 Å². The number of amides is 2. The summed E-state index contributed by atoms with van der Waals surface area (Å²) < 4.78 is 10.5. The normalized spacial score (nSPS) is 10.5. The highest BCUT2D eigenvalue weighted by molar-refractivity contribution is 5.97. The summed E-state index contributed by atoms with van der Waals surface area (Å²) in [4.78, 5) is 36.4. The van der Waals surface area contributed by atoms with E-state index in [0.717, 1.165) is 5.56 Å². The molecule has 0 aliphatic heterocycles. The molecule has 168 valence electrons. The van der Waals surface area contributed by atoms with Gasteiger partial charge in [-0.05, 0) is 60.5 Å². The van der Waals surface area contributed by atoms with Crippen LogP contribution in [0.3, 0.4) is 0 Å². The lowest BCUT2D eigenvalue weighted by Gasteiger charge is -2.07. The smallest absolute Gasteiger partial charge is 0.343 e. The molecule has 0 fully saturated rings. The molecule has 8 nitrogen and oxygen atoms in total. The maximum atomic E-state index is 12.3. The Morgan fingerprint density at radius 2 is 1.70 bits per heavy atom. The van der Waals surface area contributed by atoms with E-state index in [4.69, 9.17) is 9.47 Å². The Hall–Kier alpha value is -4.46. The largest absolute Gasteiger partial charge is 0.497 e. The first-order chi connectivity index (χ1) is 16.0. The third-order valence-electron chi connectivity index (χ3n) is 4.60. The molecule has 0 bridgehead atoms. The molecule has 0 aromatic heterocycles. The van der Waals surface area contributed by atoms with Gasteiger partial charge in [-0.1, -0.05) is 30.3 Å². The molecule has 0 saturated carbocycles. The lowest BCUT2D eigenvalue weighted by Crippen LogP contribution is -2.35. The van der Waals surface area contributed by atoms with Crippen molar-refractivity contribution in [1.82, 2.24) is 10.7 Å². The predicted molar refractivity (Wildman–Crippen MR) is 124 cm³/mol. The topological polar surface area (TPSA) is 106 Å². The Morgan fingerprint density at radius 3 is 2.42 bits per heavy atom. The summed E-state index contributed by atoms with van der Waals surface area (Å²) in [5, 5.41) is 6.43. The number of hydrazone groups is 1. The summed E-state index contributed by atoms with van der Waals surface area (Å²) in [5.41, 5.74) is 4.67. The summed E-state index contributed by atoms with van der Waals surface area (Å²) in [7, 11) is 1.55. The second-order valence-electron chi connectivity index (χ2n) is 6.98. The monoisotopic (exact) mass is 445 g/mol. The summed E-state index contributed by atoms with van der Waals surface area (Å²) >= 11 is 0. The molecule has 8 heteroatoms. The summed E-state index contributed by atoms with van der Waals surface area (Å²) in [6.45, 7) is 1.60. The van der Waals surface area contributed by atoms with Crippen molar-refractivity contribution in [2.24, 2.45) is 5.10 Å². The molecule has 2 N–H and O–H groups in total. The van der Waals surface area contributed by atoms with Crippen LogP contribution in [-0.4, -0.2) is 37.7 Å². The van der Waals surface area contributed by atoms with Crippen LogP contribution in [0.25, 0.3) is 0 Å². The van der Waals surface area contributed by atoms with E-state index in [1.165, 1.54) is 6.21 Å². The van der Waals surface area contributed by atoms with Crippen LogP contribution >= 0.6 is 0 Å². The van der Waals surface area contributed by atoms with Crippen molar-refractivity contribution >= 4 is 24.0 Å². The summed E-state index contributed by atoms with van der Waals surface area (Å²) in [5.74, 6) is -0.351. The molecule has 2 amide bonds. The van der Waals surface area contributed by atoms with Crippen molar-refractivity contribution in [3.8, 4) is 11.5 Å². The van der Waals surface area contributed by atoms with E-state index in [9.17, 15) is 14.4 Å². The second-order valence-corrected chi connectivity index (χ2v) is 6.98. The third-order valence-corrected chi connectivity index (χ3v) is 4.60. The van der Waals surface area contributed by atoms with Crippen molar-refractivity contribution in [1.29, 1.82) is 0 Å². The molecule has 0 saturated heterocycles. The molecule has 0 atom stereocenters. The standard InChI is InChI=1S/C25H23N3O5/c1-17-6-3-4-9-22(17)24(30)26-16-23(29)28-27-15-18-7-5-8-21(14-18)33-25(31)19-10-12-20(32-2)13-11-19/h3-15H,16H2,1-2H3,(H,26,30)(H,28,29)/b27-15+. The number of esters is 1. The van der Waals surface area contributed by atoms with E-state index in [-0.39, 0.29) is 12.5 Å². The van der Waals surface area contributed by atoms with Crippen molar-refractivity contribution in [3.63, 3.8) is 0 Å². The zero-order valence-electron chi connectivity index (χ0n) is 18.2. The molecule has 0 heterocycles. The van der Waals surface area contributed by atoms with Gasteiger partial charge in [0.25, 0.3) is 11.8 Å². The third kappa shape index (κ3) is 6.76. The van der Waals surface area contributed by atoms with Crippen LogP contribution in [0.5, 0.6) is 11.5 Å². The average Bonchev–Trinajstić information content (AvgIpc) is 2.83. The maximum absolute atomic E-state index is 12.3. The molecule has 3 rings (SSSR count). The van der Waals surface area contributed by atoms with E-state index < -0.39 is 11.9 Å².